The fourth-order valence-electron chi connectivity index (χ4n) is 3.94. The maximum atomic E-state index is 12.8. The molecule has 31 heavy (non-hydrogen) atoms. The minimum absolute atomic E-state index is 0.278. The molecule has 8 heteroatoms. The molecule has 0 saturated carbocycles. The van der Waals surface area contributed by atoms with Crippen LogP contribution in [0.25, 0.3) is 0 Å². The lowest BCUT2D eigenvalue weighted by atomic mass is 10.1. The second-order valence-corrected chi connectivity index (χ2v) is 8.84. The number of halogens is 2. The number of aryl methyl sites for hydroxylation is 1. The molecule has 3 heterocycles. The molecule has 0 aliphatic carbocycles. The Morgan fingerprint density at radius 3 is 2.61 bits per heavy atom. The first kappa shape index (κ1) is 21.9. The molecule has 1 aromatic carbocycles. The van der Waals surface area contributed by atoms with Gasteiger partial charge in [0.2, 0.25) is 0 Å². The maximum Gasteiger partial charge on any atom is 0.291 e. The van der Waals surface area contributed by atoms with Crippen molar-refractivity contribution < 1.29 is 9.21 Å². The Labute approximate surface area is 192 Å². The molecule has 6 nitrogen and oxygen atoms in total. The number of furan rings is 1. The number of nitrogens with zero attached hydrogens (tertiary/aromatic N) is 3. The van der Waals surface area contributed by atoms with Gasteiger partial charge in [0.1, 0.15) is 5.76 Å². The molecule has 1 amide bonds. The molecule has 0 atom stereocenters. The van der Waals surface area contributed by atoms with Crippen molar-refractivity contribution in [2.24, 2.45) is 0 Å². The van der Waals surface area contributed by atoms with Crippen LogP contribution in [0.3, 0.4) is 0 Å². The number of anilines is 1. The molecule has 1 aliphatic heterocycles. The number of carbonyl (C=O) groups excluding carboxylic acids is 1. The van der Waals surface area contributed by atoms with E-state index in [1.165, 1.54) is 19.3 Å². The fraction of sp³-hybridized carbons (Fsp3) is 0.391. The van der Waals surface area contributed by atoms with Crippen molar-refractivity contribution in [1.82, 2.24) is 14.7 Å². The third-order valence-electron chi connectivity index (χ3n) is 5.67. The molecule has 4 rings (SSSR count). The van der Waals surface area contributed by atoms with Crippen molar-refractivity contribution in [3.05, 3.63) is 68.8 Å². The summed E-state index contributed by atoms with van der Waals surface area (Å²) in [6, 6.07) is 9.01. The van der Waals surface area contributed by atoms with Gasteiger partial charge in [0.15, 0.2) is 5.76 Å². The highest BCUT2D eigenvalue weighted by atomic mass is 35.5. The summed E-state index contributed by atoms with van der Waals surface area (Å²) in [5.41, 5.74) is 3.17. The Morgan fingerprint density at radius 2 is 1.87 bits per heavy atom. The highest BCUT2D eigenvalue weighted by molar-refractivity contribution is 6.35. The summed E-state index contributed by atoms with van der Waals surface area (Å²) in [6.45, 7) is 7.18. The average Bonchev–Trinajstić information content (AvgIpc) is 3.31. The van der Waals surface area contributed by atoms with Crippen molar-refractivity contribution >= 4 is 34.8 Å². The highest BCUT2D eigenvalue weighted by Gasteiger charge is 2.19. The Hall–Kier alpha value is -2.28. The van der Waals surface area contributed by atoms with E-state index in [0.29, 0.717) is 28.0 Å². The van der Waals surface area contributed by atoms with Crippen LogP contribution in [0.15, 0.2) is 34.7 Å². The monoisotopic (exact) mass is 460 g/mol. The lowest BCUT2D eigenvalue weighted by Crippen LogP contribution is -2.28. The average molecular weight is 461 g/mol. The zero-order valence-electron chi connectivity index (χ0n) is 17.8. The topological polar surface area (TPSA) is 63.3 Å². The molecule has 0 bridgehead atoms. The minimum atomic E-state index is -0.278. The standard InChI is InChI=1S/C23H26Cl2N4O2/c1-15-22(16(2)29(27-15)13-17-6-7-18(24)12-20(17)25)26-23(30)21-9-8-19(31-21)14-28-10-4-3-5-11-28/h6-9,12H,3-5,10-11,13-14H2,1-2H3,(H,26,30). The normalized spacial score (nSPS) is 14.7. The van der Waals surface area contributed by atoms with Gasteiger partial charge in [-0.3, -0.25) is 14.4 Å². The summed E-state index contributed by atoms with van der Waals surface area (Å²) in [5, 5.41) is 8.71. The lowest BCUT2D eigenvalue weighted by molar-refractivity contribution is 0.0992. The molecule has 0 spiro atoms. The molecule has 1 saturated heterocycles. The number of carbonyl (C=O) groups is 1. The predicted octanol–water partition coefficient (Wildman–Crippen LogP) is 5.69. The molecule has 1 aliphatic rings. The molecule has 1 fully saturated rings. The minimum Gasteiger partial charge on any atom is -0.455 e. The highest BCUT2D eigenvalue weighted by Crippen LogP contribution is 2.25. The number of nitrogens with one attached hydrogen (secondary N) is 1. The van der Waals surface area contributed by atoms with E-state index in [2.05, 4.69) is 15.3 Å². The van der Waals surface area contributed by atoms with Gasteiger partial charge >= 0.3 is 0 Å². The summed E-state index contributed by atoms with van der Waals surface area (Å²) < 4.78 is 7.64. The summed E-state index contributed by atoms with van der Waals surface area (Å²) >= 11 is 12.3. The number of aromatic nitrogens is 2. The molecule has 164 valence electrons. The van der Waals surface area contributed by atoms with Gasteiger partial charge in [-0.05, 0) is 69.6 Å². The fourth-order valence-corrected chi connectivity index (χ4v) is 4.41. The maximum absolute atomic E-state index is 12.8. The molecular formula is C23H26Cl2N4O2. The van der Waals surface area contributed by atoms with Crippen LogP contribution in [0.4, 0.5) is 5.69 Å². The van der Waals surface area contributed by atoms with Gasteiger partial charge in [-0.25, -0.2) is 0 Å². The number of piperidine rings is 1. The van der Waals surface area contributed by atoms with Gasteiger partial charge in [-0.2, -0.15) is 5.10 Å². The lowest BCUT2D eigenvalue weighted by Gasteiger charge is -2.25. The molecule has 3 aromatic rings. The van der Waals surface area contributed by atoms with E-state index in [9.17, 15) is 4.79 Å². The first-order valence-electron chi connectivity index (χ1n) is 10.5. The zero-order chi connectivity index (χ0) is 22.0. The molecule has 2 aromatic heterocycles. The summed E-state index contributed by atoms with van der Waals surface area (Å²) in [4.78, 5) is 15.2. The molecule has 0 radical (unpaired) electrons. The summed E-state index contributed by atoms with van der Waals surface area (Å²) in [7, 11) is 0. The van der Waals surface area contributed by atoms with Crippen molar-refractivity contribution in [3.63, 3.8) is 0 Å². The second kappa shape index (κ2) is 9.47. The van der Waals surface area contributed by atoms with Crippen molar-refractivity contribution in [1.29, 1.82) is 0 Å². The van der Waals surface area contributed by atoms with Crippen LogP contribution in [-0.4, -0.2) is 33.7 Å². The Balaban J connectivity index is 1.45. The van der Waals surface area contributed by atoms with Crippen LogP contribution in [0.1, 0.15) is 52.5 Å². The number of likely N-dealkylation sites (tertiary alicyclic amines) is 1. The van der Waals surface area contributed by atoms with E-state index in [-0.39, 0.29) is 5.91 Å². The number of rotatable bonds is 6. The van der Waals surface area contributed by atoms with Crippen LogP contribution in [-0.2, 0) is 13.1 Å². The summed E-state index contributed by atoms with van der Waals surface area (Å²) in [5.74, 6) is 0.841. The van der Waals surface area contributed by atoms with E-state index in [1.807, 2.05) is 30.7 Å². The van der Waals surface area contributed by atoms with Crippen LogP contribution >= 0.6 is 23.2 Å². The largest absolute Gasteiger partial charge is 0.455 e. The number of benzene rings is 1. The van der Waals surface area contributed by atoms with E-state index in [1.54, 1.807) is 18.2 Å². The molecule has 0 unspecified atom stereocenters. The van der Waals surface area contributed by atoms with Crippen LogP contribution < -0.4 is 5.32 Å². The number of amides is 1. The molecular weight excluding hydrogens is 435 g/mol. The van der Waals surface area contributed by atoms with E-state index >= 15 is 0 Å². The molecule has 1 N–H and O–H groups in total. The summed E-state index contributed by atoms with van der Waals surface area (Å²) in [6.07, 6.45) is 3.73. The van der Waals surface area contributed by atoms with E-state index in [4.69, 9.17) is 27.6 Å². The second-order valence-electron chi connectivity index (χ2n) is 8.00. The van der Waals surface area contributed by atoms with Gasteiger partial charge in [-0.1, -0.05) is 35.7 Å². The number of hydrogen-bond acceptors (Lipinski definition) is 4. The third-order valence-corrected chi connectivity index (χ3v) is 6.26. The van der Waals surface area contributed by atoms with Crippen molar-refractivity contribution in [2.75, 3.05) is 18.4 Å². The van der Waals surface area contributed by atoms with Crippen LogP contribution in [0.2, 0.25) is 10.0 Å². The smallest absolute Gasteiger partial charge is 0.291 e. The van der Waals surface area contributed by atoms with Gasteiger partial charge in [0.25, 0.3) is 5.91 Å². The first-order chi connectivity index (χ1) is 14.9. The Kier molecular flexibility index (Phi) is 6.70. The van der Waals surface area contributed by atoms with Crippen molar-refractivity contribution in [3.8, 4) is 0 Å². The van der Waals surface area contributed by atoms with E-state index in [0.717, 1.165) is 42.3 Å². The first-order valence-corrected chi connectivity index (χ1v) is 11.3. The van der Waals surface area contributed by atoms with Crippen LogP contribution in [0.5, 0.6) is 0 Å². The Bertz CT molecular complexity index is 1080. The van der Waals surface area contributed by atoms with Crippen LogP contribution in [0, 0.1) is 13.8 Å². The number of hydrogen-bond donors (Lipinski definition) is 1. The van der Waals surface area contributed by atoms with Crippen molar-refractivity contribution in [2.45, 2.75) is 46.2 Å². The quantitative estimate of drug-likeness (QED) is 0.513. The van der Waals surface area contributed by atoms with Gasteiger partial charge in [0, 0.05) is 10.0 Å². The Morgan fingerprint density at radius 1 is 1.10 bits per heavy atom. The van der Waals surface area contributed by atoms with Gasteiger partial charge in [-0.15, -0.1) is 0 Å². The van der Waals surface area contributed by atoms with Gasteiger partial charge in [0.05, 0.1) is 30.2 Å². The third kappa shape index (κ3) is 5.14. The van der Waals surface area contributed by atoms with E-state index < -0.39 is 0 Å². The SMILES string of the molecule is Cc1nn(Cc2ccc(Cl)cc2Cl)c(C)c1NC(=O)c1ccc(CN2CCCCC2)o1. The predicted molar refractivity (Wildman–Crippen MR) is 123 cm³/mol. The van der Waals surface area contributed by atoms with Gasteiger partial charge < -0.3 is 9.73 Å². The zero-order valence-corrected chi connectivity index (χ0v) is 19.3.